The Labute approximate surface area is 224 Å². The highest BCUT2D eigenvalue weighted by atomic mass is 32.2. The normalized spacial score (nSPS) is 12.3. The molecular weight excluding hydrogens is 488 g/mol. The maximum absolute atomic E-state index is 12.0. The summed E-state index contributed by atoms with van der Waals surface area (Å²) < 4.78 is 24.0. The zero-order chi connectivity index (χ0) is 26.9. The van der Waals surface area contributed by atoms with Crippen LogP contribution in [0.5, 0.6) is 0 Å². The summed E-state index contributed by atoms with van der Waals surface area (Å²) in [5.41, 5.74) is 9.28. The van der Waals surface area contributed by atoms with Gasteiger partial charge in [-0.05, 0) is 89.2 Å². The van der Waals surface area contributed by atoms with Crippen molar-refractivity contribution in [1.29, 1.82) is 0 Å². The van der Waals surface area contributed by atoms with Crippen molar-refractivity contribution in [3.8, 4) is 11.1 Å². The van der Waals surface area contributed by atoms with Crippen LogP contribution >= 0.6 is 0 Å². The first kappa shape index (κ1) is 25.6. The fraction of sp³-hybridized carbons (Fsp3) is 0.152. The average molecular weight is 519 g/mol. The van der Waals surface area contributed by atoms with E-state index in [4.69, 9.17) is 4.98 Å². The Bertz CT molecular complexity index is 1750. The molecule has 0 unspecified atom stereocenters. The lowest BCUT2D eigenvalue weighted by molar-refractivity contribution is 0.602. The van der Waals surface area contributed by atoms with E-state index in [-0.39, 0.29) is 0 Å². The molecule has 2 heterocycles. The molecule has 0 amide bonds. The van der Waals surface area contributed by atoms with Crippen molar-refractivity contribution < 1.29 is 8.42 Å². The van der Waals surface area contributed by atoms with E-state index in [0.29, 0.717) is 10.8 Å². The fourth-order valence-corrected chi connectivity index (χ4v) is 5.20. The largest absolute Gasteiger partial charge is 0.261 e. The molecule has 0 fully saturated rings. The molecule has 2 aromatic heterocycles. The zero-order valence-corrected chi connectivity index (χ0v) is 22.8. The molecule has 0 atom stereocenters. The second kappa shape index (κ2) is 10.3. The molecule has 5 aromatic rings. The maximum Gasteiger partial charge on any atom is 0.175 e. The van der Waals surface area contributed by atoms with Crippen molar-refractivity contribution in [2.45, 2.75) is 31.6 Å². The van der Waals surface area contributed by atoms with Crippen molar-refractivity contribution in [1.82, 2.24) is 9.97 Å². The van der Waals surface area contributed by atoms with E-state index in [1.807, 2.05) is 49.6 Å². The average Bonchev–Trinajstić information content (AvgIpc) is 2.91. The third-order valence-electron chi connectivity index (χ3n) is 6.72. The highest BCUT2D eigenvalue weighted by molar-refractivity contribution is 7.90. The number of pyridine rings is 2. The molecule has 0 spiro atoms. The highest BCUT2D eigenvalue weighted by Crippen LogP contribution is 2.33. The number of nitrogens with zero attached hydrogens (tertiary/aromatic N) is 2. The third kappa shape index (κ3) is 5.43. The number of fused-ring (bicyclic) bond motifs is 1. The van der Waals surface area contributed by atoms with Gasteiger partial charge in [-0.1, -0.05) is 56.3 Å². The van der Waals surface area contributed by atoms with Crippen LogP contribution in [0, 0.1) is 6.92 Å². The standard InChI is InChI=1S/C33H30N2O2S/c1-22(2)29-19-27-9-6-16-34-33(27)32(20-29)26-8-5-7-24(17-26)18-31(28-11-10-23(3)35-21-28)25-12-14-30(15-13-25)38(4,36)37/h5-22H,1-4H3/b31-18-. The molecule has 0 N–H and O–H groups in total. The minimum atomic E-state index is -3.28. The molecule has 0 aliphatic rings. The van der Waals surface area contributed by atoms with Crippen molar-refractivity contribution in [3.05, 3.63) is 125 Å². The van der Waals surface area contributed by atoms with Crippen LogP contribution in [0.2, 0.25) is 0 Å². The molecule has 0 radical (unpaired) electrons. The number of hydrogen-bond acceptors (Lipinski definition) is 4. The molecule has 0 aliphatic heterocycles. The van der Waals surface area contributed by atoms with Gasteiger partial charge in [0, 0.05) is 40.9 Å². The summed E-state index contributed by atoms with van der Waals surface area (Å²) >= 11 is 0. The zero-order valence-electron chi connectivity index (χ0n) is 22.0. The van der Waals surface area contributed by atoms with Gasteiger partial charge in [-0.25, -0.2) is 8.42 Å². The van der Waals surface area contributed by atoms with Crippen LogP contribution in [0.3, 0.4) is 0 Å². The number of aryl methyl sites for hydroxylation is 1. The minimum absolute atomic E-state index is 0.300. The Morgan fingerprint density at radius 3 is 2.29 bits per heavy atom. The molecule has 190 valence electrons. The Kier molecular flexibility index (Phi) is 6.96. The first-order valence-corrected chi connectivity index (χ1v) is 14.5. The van der Waals surface area contributed by atoms with Crippen LogP contribution in [0.15, 0.2) is 102 Å². The van der Waals surface area contributed by atoms with Crippen molar-refractivity contribution >= 4 is 32.4 Å². The molecular formula is C33H30N2O2S. The van der Waals surface area contributed by atoms with Crippen molar-refractivity contribution in [2.75, 3.05) is 6.26 Å². The van der Waals surface area contributed by atoms with Crippen LogP contribution in [-0.4, -0.2) is 24.6 Å². The lowest BCUT2D eigenvalue weighted by Gasteiger charge is -2.13. The van der Waals surface area contributed by atoms with Crippen LogP contribution in [-0.2, 0) is 9.84 Å². The molecule has 4 nitrogen and oxygen atoms in total. The topological polar surface area (TPSA) is 59.9 Å². The lowest BCUT2D eigenvalue weighted by Crippen LogP contribution is -1.97. The number of aromatic nitrogens is 2. The van der Waals surface area contributed by atoms with Gasteiger partial charge < -0.3 is 0 Å². The van der Waals surface area contributed by atoms with E-state index in [2.05, 4.69) is 67.4 Å². The Morgan fingerprint density at radius 2 is 1.61 bits per heavy atom. The number of hydrogen-bond donors (Lipinski definition) is 0. The van der Waals surface area contributed by atoms with Gasteiger partial charge in [0.2, 0.25) is 0 Å². The Morgan fingerprint density at radius 1 is 0.842 bits per heavy atom. The Hall–Kier alpha value is -4.09. The molecule has 0 saturated carbocycles. The predicted molar refractivity (Wildman–Crippen MR) is 157 cm³/mol. The molecule has 5 heteroatoms. The van der Waals surface area contributed by atoms with E-state index >= 15 is 0 Å². The van der Waals surface area contributed by atoms with E-state index < -0.39 is 9.84 Å². The first-order valence-electron chi connectivity index (χ1n) is 12.6. The summed E-state index contributed by atoms with van der Waals surface area (Å²) in [5.74, 6) is 0.400. The van der Waals surface area contributed by atoms with Gasteiger partial charge >= 0.3 is 0 Å². The Balaban J connectivity index is 1.66. The van der Waals surface area contributed by atoms with Gasteiger partial charge in [-0.15, -0.1) is 0 Å². The summed E-state index contributed by atoms with van der Waals surface area (Å²) in [5, 5.41) is 1.13. The van der Waals surface area contributed by atoms with E-state index in [9.17, 15) is 8.42 Å². The predicted octanol–water partition coefficient (Wildman–Crippen LogP) is 7.72. The highest BCUT2D eigenvalue weighted by Gasteiger charge is 2.13. The quantitative estimate of drug-likeness (QED) is 0.216. The first-order chi connectivity index (χ1) is 18.2. The van der Waals surface area contributed by atoms with Gasteiger partial charge in [0.25, 0.3) is 0 Å². The van der Waals surface area contributed by atoms with E-state index in [0.717, 1.165) is 50.0 Å². The maximum atomic E-state index is 12.0. The molecule has 3 aromatic carbocycles. The number of benzene rings is 3. The van der Waals surface area contributed by atoms with Gasteiger partial charge in [-0.3, -0.25) is 9.97 Å². The van der Waals surface area contributed by atoms with Gasteiger partial charge in [0.15, 0.2) is 9.84 Å². The van der Waals surface area contributed by atoms with Crippen molar-refractivity contribution in [3.63, 3.8) is 0 Å². The fourth-order valence-electron chi connectivity index (χ4n) is 4.57. The number of rotatable bonds is 6. The monoisotopic (exact) mass is 518 g/mol. The molecule has 38 heavy (non-hydrogen) atoms. The second-order valence-corrected chi connectivity index (χ2v) is 12.0. The summed E-state index contributed by atoms with van der Waals surface area (Å²) in [6.07, 6.45) is 7.06. The summed E-state index contributed by atoms with van der Waals surface area (Å²) in [6, 6.07) is 28.1. The van der Waals surface area contributed by atoms with Crippen LogP contribution in [0.1, 0.15) is 47.7 Å². The summed E-state index contributed by atoms with van der Waals surface area (Å²) in [6.45, 7) is 6.37. The van der Waals surface area contributed by atoms with Crippen molar-refractivity contribution in [2.24, 2.45) is 0 Å². The number of sulfone groups is 1. The van der Waals surface area contributed by atoms with Crippen LogP contribution in [0.25, 0.3) is 33.7 Å². The van der Waals surface area contributed by atoms with Gasteiger partial charge in [0.1, 0.15) is 0 Å². The van der Waals surface area contributed by atoms with Gasteiger partial charge in [0.05, 0.1) is 10.4 Å². The lowest BCUT2D eigenvalue weighted by atomic mass is 9.92. The SMILES string of the molecule is Cc1ccc(/C(=C\c2cccc(-c3cc(C(C)C)cc4cccnc34)c2)c2ccc(S(C)(=O)=O)cc2)cn1. The molecule has 0 bridgehead atoms. The van der Waals surface area contributed by atoms with Gasteiger partial charge in [-0.2, -0.15) is 0 Å². The van der Waals surface area contributed by atoms with E-state index in [1.54, 1.807) is 12.1 Å². The molecule has 0 saturated heterocycles. The summed E-state index contributed by atoms with van der Waals surface area (Å²) in [4.78, 5) is 9.51. The third-order valence-corrected chi connectivity index (χ3v) is 7.85. The van der Waals surface area contributed by atoms with Crippen LogP contribution < -0.4 is 0 Å². The molecule has 5 rings (SSSR count). The smallest absolute Gasteiger partial charge is 0.175 e. The second-order valence-electron chi connectivity index (χ2n) is 9.97. The minimum Gasteiger partial charge on any atom is -0.261 e. The van der Waals surface area contributed by atoms with E-state index in [1.165, 1.54) is 11.8 Å². The molecule has 0 aliphatic carbocycles. The summed E-state index contributed by atoms with van der Waals surface area (Å²) in [7, 11) is -3.28. The van der Waals surface area contributed by atoms with Crippen LogP contribution in [0.4, 0.5) is 0 Å².